The second-order valence-electron chi connectivity index (χ2n) is 8.17. The number of nitrogens with zero attached hydrogens (tertiary/aromatic N) is 1. The van der Waals surface area contributed by atoms with Gasteiger partial charge >= 0.3 is 0 Å². The molecule has 3 aromatic carbocycles. The van der Waals surface area contributed by atoms with Gasteiger partial charge in [-0.15, -0.1) is 0 Å². The molecule has 2 atom stereocenters. The van der Waals surface area contributed by atoms with Gasteiger partial charge in [-0.2, -0.15) is 4.31 Å². The second kappa shape index (κ2) is 9.77. The largest absolute Gasteiger partial charge is 0.311 e. The van der Waals surface area contributed by atoms with E-state index < -0.39 is 10.0 Å². The maximum Gasteiger partial charge on any atom is 0.218 e. The Balaban J connectivity index is 2.03. The third-order valence-electron chi connectivity index (χ3n) is 6.05. The van der Waals surface area contributed by atoms with E-state index in [9.17, 15) is 8.42 Å². The predicted octanol–water partition coefficient (Wildman–Crippen LogP) is 5.08. The minimum atomic E-state index is -3.58. The summed E-state index contributed by atoms with van der Waals surface area (Å²) in [5.74, 6) is -0.0228. The molecule has 0 aliphatic carbocycles. The lowest BCUT2D eigenvalue weighted by Gasteiger charge is -2.35. The Hall–Kier alpha value is -2.47. The molecule has 5 heteroatoms. The average Bonchev–Trinajstić information content (AvgIpc) is 2.76. The number of hydrogen-bond acceptors (Lipinski definition) is 3. The Morgan fingerprint density at radius 1 is 0.806 bits per heavy atom. The zero-order valence-electron chi connectivity index (χ0n) is 19.0. The van der Waals surface area contributed by atoms with Gasteiger partial charge in [0.2, 0.25) is 10.0 Å². The third-order valence-corrected chi connectivity index (χ3v) is 7.83. The van der Waals surface area contributed by atoms with Crippen molar-refractivity contribution in [3.8, 4) is 0 Å². The molecule has 0 amide bonds. The van der Waals surface area contributed by atoms with Gasteiger partial charge in [-0.3, -0.25) is 0 Å². The van der Waals surface area contributed by atoms with Crippen LogP contribution in [0.25, 0.3) is 0 Å². The van der Waals surface area contributed by atoms with Crippen LogP contribution in [0.5, 0.6) is 0 Å². The lowest BCUT2D eigenvalue weighted by Crippen LogP contribution is -2.39. The van der Waals surface area contributed by atoms with E-state index in [0.717, 1.165) is 27.8 Å². The van der Waals surface area contributed by atoms with Gasteiger partial charge in [0.1, 0.15) is 0 Å². The molecule has 2 unspecified atom stereocenters. The summed E-state index contributed by atoms with van der Waals surface area (Å²) >= 11 is 0. The van der Waals surface area contributed by atoms with Gasteiger partial charge in [0.15, 0.2) is 0 Å². The smallest absolute Gasteiger partial charge is 0.218 e. The van der Waals surface area contributed by atoms with Crippen LogP contribution in [0.4, 0.5) is 0 Å². The van der Waals surface area contributed by atoms with E-state index in [0.29, 0.717) is 0 Å². The van der Waals surface area contributed by atoms with Gasteiger partial charge in [0, 0.05) is 7.05 Å². The summed E-state index contributed by atoms with van der Waals surface area (Å²) in [6.45, 7) is 6.05. The molecule has 0 saturated carbocycles. The molecule has 0 aromatic heterocycles. The van der Waals surface area contributed by atoms with Crippen molar-refractivity contribution in [1.82, 2.24) is 9.62 Å². The number of rotatable bonds is 8. The Labute approximate surface area is 187 Å². The quantitative estimate of drug-likeness (QED) is 0.536. The molecule has 0 aliphatic heterocycles. The molecule has 0 heterocycles. The highest BCUT2D eigenvalue weighted by Crippen LogP contribution is 2.35. The van der Waals surface area contributed by atoms with Crippen molar-refractivity contribution in [3.05, 3.63) is 106 Å². The minimum Gasteiger partial charge on any atom is -0.311 e. The lowest BCUT2D eigenvalue weighted by molar-refractivity contribution is 0.301. The standard InChI is InChI=1S/C26H32N2O2S/c1-19-16-21(3)24(17-20(19)2)18-31(29,30)28(5)26(23-14-10-7-11-15-23)25(27-4)22-12-8-6-9-13-22/h6-17,25-27H,18H2,1-5H3. The summed E-state index contributed by atoms with van der Waals surface area (Å²) in [4.78, 5) is 0. The zero-order valence-corrected chi connectivity index (χ0v) is 19.8. The molecule has 3 aromatic rings. The van der Waals surface area contributed by atoms with Crippen molar-refractivity contribution >= 4 is 10.0 Å². The molecule has 0 radical (unpaired) electrons. The Morgan fingerprint density at radius 3 is 1.87 bits per heavy atom. The fraction of sp³-hybridized carbons (Fsp3) is 0.308. The van der Waals surface area contributed by atoms with Gasteiger partial charge in [-0.25, -0.2) is 8.42 Å². The highest BCUT2D eigenvalue weighted by atomic mass is 32.2. The van der Waals surface area contributed by atoms with E-state index in [1.165, 1.54) is 9.87 Å². The molecule has 4 nitrogen and oxygen atoms in total. The van der Waals surface area contributed by atoms with Gasteiger partial charge in [-0.05, 0) is 61.2 Å². The summed E-state index contributed by atoms with van der Waals surface area (Å²) in [5.41, 5.74) is 6.13. The van der Waals surface area contributed by atoms with Crippen LogP contribution in [0.2, 0.25) is 0 Å². The van der Waals surface area contributed by atoms with E-state index >= 15 is 0 Å². The van der Waals surface area contributed by atoms with Crippen molar-refractivity contribution in [2.45, 2.75) is 38.6 Å². The highest BCUT2D eigenvalue weighted by molar-refractivity contribution is 7.88. The van der Waals surface area contributed by atoms with Crippen LogP contribution < -0.4 is 5.32 Å². The number of likely N-dealkylation sites (N-methyl/N-ethyl adjacent to an activating group) is 2. The van der Waals surface area contributed by atoms with Crippen LogP contribution in [0.1, 0.15) is 45.5 Å². The maximum absolute atomic E-state index is 13.6. The minimum absolute atomic E-state index is 0.0228. The monoisotopic (exact) mass is 436 g/mol. The van der Waals surface area contributed by atoms with Crippen molar-refractivity contribution in [1.29, 1.82) is 0 Å². The van der Waals surface area contributed by atoms with E-state index in [2.05, 4.69) is 18.3 Å². The topological polar surface area (TPSA) is 49.4 Å². The maximum atomic E-state index is 13.6. The number of aryl methyl sites for hydroxylation is 3. The van der Waals surface area contributed by atoms with Crippen molar-refractivity contribution in [2.24, 2.45) is 0 Å². The van der Waals surface area contributed by atoms with Gasteiger partial charge < -0.3 is 5.32 Å². The lowest BCUT2D eigenvalue weighted by atomic mass is 9.93. The van der Waals surface area contributed by atoms with Crippen LogP contribution in [0, 0.1) is 20.8 Å². The summed E-state index contributed by atoms with van der Waals surface area (Å²) in [6.07, 6.45) is 0. The predicted molar refractivity (Wildman–Crippen MR) is 128 cm³/mol. The summed E-state index contributed by atoms with van der Waals surface area (Å²) in [6, 6.07) is 23.3. The fourth-order valence-electron chi connectivity index (χ4n) is 4.08. The molecule has 0 bridgehead atoms. The molecular formula is C26H32N2O2S. The molecule has 1 N–H and O–H groups in total. The normalized spacial score (nSPS) is 13.9. The van der Waals surface area contributed by atoms with Crippen molar-refractivity contribution in [2.75, 3.05) is 14.1 Å². The zero-order chi connectivity index (χ0) is 22.6. The number of hydrogen-bond donors (Lipinski definition) is 1. The first-order valence-electron chi connectivity index (χ1n) is 10.5. The van der Waals surface area contributed by atoms with Crippen LogP contribution in [0.3, 0.4) is 0 Å². The van der Waals surface area contributed by atoms with Crippen LogP contribution in [-0.2, 0) is 15.8 Å². The van der Waals surface area contributed by atoms with Crippen LogP contribution in [-0.4, -0.2) is 26.8 Å². The Bertz CT molecular complexity index is 1110. The Morgan fingerprint density at radius 2 is 1.32 bits per heavy atom. The van der Waals surface area contributed by atoms with E-state index in [-0.39, 0.29) is 17.8 Å². The van der Waals surface area contributed by atoms with Crippen molar-refractivity contribution < 1.29 is 8.42 Å². The molecule has 0 spiro atoms. The molecule has 0 aliphatic rings. The highest BCUT2D eigenvalue weighted by Gasteiger charge is 2.34. The molecule has 31 heavy (non-hydrogen) atoms. The first-order chi connectivity index (χ1) is 14.7. The summed E-state index contributed by atoms with van der Waals surface area (Å²) in [7, 11) is -0.0149. The number of benzene rings is 3. The summed E-state index contributed by atoms with van der Waals surface area (Å²) in [5, 5.41) is 3.36. The molecule has 164 valence electrons. The van der Waals surface area contributed by atoms with Crippen molar-refractivity contribution in [3.63, 3.8) is 0 Å². The van der Waals surface area contributed by atoms with E-state index in [1.807, 2.05) is 87.6 Å². The number of nitrogens with one attached hydrogen (secondary N) is 1. The fourth-order valence-corrected chi connectivity index (χ4v) is 5.57. The van der Waals surface area contributed by atoms with Gasteiger partial charge in [0.25, 0.3) is 0 Å². The first-order valence-corrected chi connectivity index (χ1v) is 12.1. The molecule has 0 fully saturated rings. The van der Waals surface area contributed by atoms with E-state index in [1.54, 1.807) is 7.05 Å². The SMILES string of the molecule is CNC(c1ccccc1)C(c1ccccc1)N(C)S(=O)(=O)Cc1cc(C)c(C)cc1C. The second-order valence-corrected chi connectivity index (χ2v) is 10.2. The molecule has 0 saturated heterocycles. The molecular weight excluding hydrogens is 404 g/mol. The number of sulfonamides is 1. The van der Waals surface area contributed by atoms with E-state index in [4.69, 9.17) is 0 Å². The van der Waals surface area contributed by atoms with Gasteiger partial charge in [0.05, 0.1) is 17.8 Å². The van der Waals surface area contributed by atoms with Crippen LogP contribution in [0.15, 0.2) is 72.8 Å². The van der Waals surface area contributed by atoms with Gasteiger partial charge in [-0.1, -0.05) is 72.8 Å². The van der Waals surface area contributed by atoms with Crippen LogP contribution >= 0.6 is 0 Å². The Kier molecular flexibility index (Phi) is 7.31. The summed E-state index contributed by atoms with van der Waals surface area (Å²) < 4.78 is 28.8. The third kappa shape index (κ3) is 5.24. The average molecular weight is 437 g/mol. The molecule has 3 rings (SSSR count). The first kappa shape index (κ1) is 23.2.